The molecule has 0 aromatic carbocycles. The van der Waals surface area contributed by atoms with Gasteiger partial charge in [-0.25, -0.2) is 0 Å². The molecule has 2 heterocycles. The highest BCUT2D eigenvalue weighted by atomic mass is 16.5. The van der Waals surface area contributed by atoms with Gasteiger partial charge in [0.15, 0.2) is 0 Å². The highest BCUT2D eigenvalue weighted by Crippen LogP contribution is 2.13. The van der Waals surface area contributed by atoms with Gasteiger partial charge in [0.05, 0.1) is 19.2 Å². The van der Waals surface area contributed by atoms with E-state index in [1.165, 1.54) is 0 Å². The van der Waals surface area contributed by atoms with Crippen LogP contribution in [-0.4, -0.2) is 49.1 Å². The molecule has 2 aliphatic heterocycles. The van der Waals surface area contributed by atoms with Crippen LogP contribution >= 0.6 is 0 Å². The van der Waals surface area contributed by atoms with Crippen LogP contribution in [0.25, 0.3) is 0 Å². The molecule has 0 radical (unpaired) electrons. The molecule has 14 heavy (non-hydrogen) atoms. The number of amides is 2. The van der Waals surface area contributed by atoms with Crippen LogP contribution in [0.2, 0.25) is 0 Å². The van der Waals surface area contributed by atoms with Crippen molar-refractivity contribution < 1.29 is 14.3 Å². The van der Waals surface area contributed by atoms with Crippen molar-refractivity contribution >= 4 is 11.8 Å². The van der Waals surface area contributed by atoms with Gasteiger partial charge < -0.3 is 15.0 Å². The monoisotopic (exact) mass is 198 g/mol. The van der Waals surface area contributed by atoms with Gasteiger partial charge in [0.25, 0.3) is 0 Å². The summed E-state index contributed by atoms with van der Waals surface area (Å²) in [5.41, 5.74) is 0. The van der Waals surface area contributed by atoms with E-state index >= 15 is 0 Å². The molecule has 1 unspecified atom stereocenters. The molecule has 0 bridgehead atoms. The second-order valence-corrected chi connectivity index (χ2v) is 3.69. The third-order valence-corrected chi connectivity index (χ3v) is 2.57. The molecular weight excluding hydrogens is 184 g/mol. The number of hydrogen-bond donors (Lipinski definition) is 1. The van der Waals surface area contributed by atoms with Crippen LogP contribution in [0.5, 0.6) is 0 Å². The molecule has 5 heteroatoms. The van der Waals surface area contributed by atoms with Gasteiger partial charge in [-0.05, 0) is 12.8 Å². The summed E-state index contributed by atoms with van der Waals surface area (Å²) in [6, 6.07) is 0. The quantitative estimate of drug-likeness (QED) is 0.627. The second kappa shape index (κ2) is 3.96. The van der Waals surface area contributed by atoms with Gasteiger partial charge in [0.2, 0.25) is 11.8 Å². The molecule has 0 spiro atoms. The lowest BCUT2D eigenvalue weighted by Crippen LogP contribution is -2.53. The van der Waals surface area contributed by atoms with Crippen molar-refractivity contribution in [2.75, 3.05) is 26.2 Å². The maximum Gasteiger partial charge on any atom is 0.242 e. The minimum atomic E-state index is -0.0809. The van der Waals surface area contributed by atoms with Crippen LogP contribution in [0.4, 0.5) is 0 Å². The van der Waals surface area contributed by atoms with E-state index in [0.717, 1.165) is 19.4 Å². The molecule has 0 aromatic heterocycles. The molecule has 2 amide bonds. The molecule has 2 aliphatic rings. The lowest BCUT2D eigenvalue weighted by atomic mass is 10.2. The first kappa shape index (κ1) is 9.45. The Bertz CT molecular complexity index is 248. The highest BCUT2D eigenvalue weighted by molar-refractivity contribution is 5.92. The topological polar surface area (TPSA) is 58.6 Å². The van der Waals surface area contributed by atoms with Crippen LogP contribution < -0.4 is 5.32 Å². The van der Waals surface area contributed by atoms with E-state index in [1.54, 1.807) is 4.90 Å². The van der Waals surface area contributed by atoms with E-state index in [1.807, 2.05) is 0 Å². The molecule has 1 atom stereocenters. The predicted molar refractivity (Wildman–Crippen MR) is 48.6 cm³/mol. The van der Waals surface area contributed by atoms with Gasteiger partial charge in [0, 0.05) is 13.2 Å². The number of nitrogens with zero attached hydrogens (tertiary/aromatic N) is 1. The van der Waals surface area contributed by atoms with E-state index in [4.69, 9.17) is 4.74 Å². The van der Waals surface area contributed by atoms with E-state index in [-0.39, 0.29) is 31.0 Å². The first-order chi connectivity index (χ1) is 6.75. The van der Waals surface area contributed by atoms with Gasteiger partial charge in [-0.2, -0.15) is 0 Å². The van der Waals surface area contributed by atoms with Crippen molar-refractivity contribution in [1.29, 1.82) is 0 Å². The third-order valence-electron chi connectivity index (χ3n) is 2.57. The summed E-state index contributed by atoms with van der Waals surface area (Å²) in [4.78, 5) is 24.0. The van der Waals surface area contributed by atoms with Crippen molar-refractivity contribution in [1.82, 2.24) is 10.2 Å². The maximum atomic E-state index is 11.4. The van der Waals surface area contributed by atoms with E-state index in [0.29, 0.717) is 6.54 Å². The SMILES string of the molecule is O=C1CN(CC2CCCO2)C(=O)CN1. The Labute approximate surface area is 82.4 Å². The van der Waals surface area contributed by atoms with Crippen LogP contribution in [-0.2, 0) is 14.3 Å². The molecule has 2 fully saturated rings. The first-order valence-corrected chi connectivity index (χ1v) is 4.92. The Hall–Kier alpha value is -1.10. The molecular formula is C9H14N2O3. The Morgan fingerprint density at radius 1 is 1.50 bits per heavy atom. The smallest absolute Gasteiger partial charge is 0.242 e. The summed E-state index contributed by atoms with van der Waals surface area (Å²) in [6.07, 6.45) is 2.18. The lowest BCUT2D eigenvalue weighted by Gasteiger charge is -2.28. The van der Waals surface area contributed by atoms with Crippen molar-refractivity contribution in [3.05, 3.63) is 0 Å². The Kier molecular flexibility index (Phi) is 2.67. The second-order valence-electron chi connectivity index (χ2n) is 3.69. The fourth-order valence-corrected chi connectivity index (χ4v) is 1.80. The molecule has 0 aromatic rings. The van der Waals surface area contributed by atoms with Gasteiger partial charge in [0.1, 0.15) is 0 Å². The van der Waals surface area contributed by atoms with Crippen molar-refractivity contribution in [2.24, 2.45) is 0 Å². The normalized spacial score (nSPS) is 28.0. The van der Waals surface area contributed by atoms with E-state index in [2.05, 4.69) is 5.32 Å². The molecule has 2 saturated heterocycles. The first-order valence-electron chi connectivity index (χ1n) is 4.92. The van der Waals surface area contributed by atoms with Gasteiger partial charge in [-0.1, -0.05) is 0 Å². The number of carbonyl (C=O) groups is 2. The summed E-state index contributed by atoms with van der Waals surface area (Å²) >= 11 is 0. The van der Waals surface area contributed by atoms with Gasteiger partial charge in [-0.15, -0.1) is 0 Å². The lowest BCUT2D eigenvalue weighted by molar-refractivity contribution is -0.141. The summed E-state index contributed by atoms with van der Waals surface area (Å²) < 4.78 is 5.41. The van der Waals surface area contributed by atoms with Crippen LogP contribution in [0.1, 0.15) is 12.8 Å². The van der Waals surface area contributed by atoms with Gasteiger partial charge >= 0.3 is 0 Å². The van der Waals surface area contributed by atoms with E-state index < -0.39 is 0 Å². The summed E-state index contributed by atoms with van der Waals surface area (Å²) in [6.45, 7) is 1.65. The van der Waals surface area contributed by atoms with Crippen LogP contribution in [0, 0.1) is 0 Å². The highest BCUT2D eigenvalue weighted by Gasteiger charge is 2.27. The molecule has 0 aliphatic carbocycles. The largest absolute Gasteiger partial charge is 0.376 e. The van der Waals surface area contributed by atoms with Crippen molar-refractivity contribution in [3.8, 4) is 0 Å². The Morgan fingerprint density at radius 3 is 3.07 bits per heavy atom. The maximum absolute atomic E-state index is 11.4. The average molecular weight is 198 g/mol. The number of nitrogens with one attached hydrogen (secondary N) is 1. The number of carbonyl (C=O) groups excluding carboxylic acids is 2. The fourth-order valence-electron chi connectivity index (χ4n) is 1.80. The van der Waals surface area contributed by atoms with Crippen LogP contribution in [0.3, 0.4) is 0 Å². The number of ether oxygens (including phenoxy) is 1. The summed E-state index contributed by atoms with van der Waals surface area (Å²) in [5, 5.41) is 2.52. The summed E-state index contributed by atoms with van der Waals surface area (Å²) in [7, 11) is 0. The van der Waals surface area contributed by atoms with Crippen molar-refractivity contribution in [3.63, 3.8) is 0 Å². The average Bonchev–Trinajstić information content (AvgIpc) is 2.64. The van der Waals surface area contributed by atoms with Gasteiger partial charge in [-0.3, -0.25) is 9.59 Å². The molecule has 5 nitrogen and oxygen atoms in total. The number of piperazine rings is 1. The Balaban J connectivity index is 1.88. The minimum Gasteiger partial charge on any atom is -0.376 e. The summed E-state index contributed by atoms with van der Waals surface area (Å²) in [5.74, 6) is -0.0947. The van der Waals surface area contributed by atoms with Crippen LogP contribution in [0.15, 0.2) is 0 Å². The standard InChI is InChI=1S/C9H14N2O3/c12-8-6-11(9(13)4-10-8)5-7-2-1-3-14-7/h7H,1-6H2,(H,10,12). The Morgan fingerprint density at radius 2 is 2.36 bits per heavy atom. The minimum absolute atomic E-state index is 0.0138. The zero-order valence-corrected chi connectivity index (χ0v) is 7.99. The predicted octanol–water partition coefficient (Wildman–Crippen LogP) is -0.876. The number of rotatable bonds is 2. The molecule has 2 rings (SSSR count). The van der Waals surface area contributed by atoms with Crippen molar-refractivity contribution in [2.45, 2.75) is 18.9 Å². The zero-order valence-electron chi connectivity index (χ0n) is 7.99. The third kappa shape index (κ3) is 2.04. The molecule has 1 N–H and O–H groups in total. The molecule has 0 saturated carbocycles. The number of hydrogen-bond acceptors (Lipinski definition) is 3. The zero-order chi connectivity index (χ0) is 9.97. The fraction of sp³-hybridized carbons (Fsp3) is 0.778. The molecule has 78 valence electrons. The van der Waals surface area contributed by atoms with E-state index in [9.17, 15) is 9.59 Å².